The van der Waals surface area contributed by atoms with Crippen LogP contribution < -0.4 is 5.32 Å². The molecule has 0 spiro atoms. The largest absolute Gasteiger partial charge is 0.469 e. The van der Waals surface area contributed by atoms with E-state index in [0.717, 1.165) is 30.2 Å². The Morgan fingerprint density at radius 1 is 1.26 bits per heavy atom. The molecular weight excluding hydrogens is 318 g/mol. The lowest BCUT2D eigenvalue weighted by atomic mass is 10.1. The zero-order chi connectivity index (χ0) is 16.8. The van der Waals surface area contributed by atoms with E-state index in [9.17, 15) is 9.59 Å². The summed E-state index contributed by atoms with van der Waals surface area (Å²) in [7, 11) is 1.38. The number of unbranched alkanes of at least 4 members (excludes halogenated alkanes) is 2. The van der Waals surface area contributed by atoms with E-state index in [2.05, 4.69) is 10.1 Å². The number of carbonyl (C=O) groups is 2. The van der Waals surface area contributed by atoms with Crippen LogP contribution >= 0.6 is 11.6 Å². The highest BCUT2D eigenvalue weighted by molar-refractivity contribution is 6.35. The highest BCUT2D eigenvalue weighted by Gasteiger charge is 2.18. The van der Waals surface area contributed by atoms with Crippen molar-refractivity contribution in [3.05, 3.63) is 34.5 Å². The van der Waals surface area contributed by atoms with Gasteiger partial charge in [-0.05, 0) is 25.8 Å². The lowest BCUT2D eigenvalue weighted by Gasteiger charge is -2.04. The van der Waals surface area contributed by atoms with E-state index in [1.165, 1.54) is 7.11 Å². The fraction of sp³-hybridized carbons (Fsp3) is 0.412. The van der Waals surface area contributed by atoms with Crippen LogP contribution in [0.1, 0.15) is 41.8 Å². The van der Waals surface area contributed by atoms with Gasteiger partial charge in [0.15, 0.2) is 11.3 Å². The van der Waals surface area contributed by atoms with Crippen LogP contribution in [0.5, 0.6) is 0 Å². The number of esters is 1. The Kier molecular flexibility index (Phi) is 6.04. The van der Waals surface area contributed by atoms with Gasteiger partial charge in [0.1, 0.15) is 0 Å². The van der Waals surface area contributed by atoms with Crippen LogP contribution in [-0.2, 0) is 9.53 Å². The number of carbonyl (C=O) groups excluding carboxylic acids is 2. The molecule has 0 saturated heterocycles. The van der Waals surface area contributed by atoms with Crippen molar-refractivity contribution < 1.29 is 18.7 Å². The molecule has 0 aliphatic heterocycles. The van der Waals surface area contributed by atoms with Crippen molar-refractivity contribution >= 4 is 34.4 Å². The van der Waals surface area contributed by atoms with Crippen LogP contribution in [0.3, 0.4) is 0 Å². The van der Waals surface area contributed by atoms with Crippen LogP contribution in [-0.4, -0.2) is 25.5 Å². The first kappa shape index (κ1) is 17.3. The summed E-state index contributed by atoms with van der Waals surface area (Å²) < 4.78 is 10.2. The van der Waals surface area contributed by atoms with Crippen LogP contribution in [0.2, 0.25) is 5.02 Å². The second kappa shape index (κ2) is 8.02. The third kappa shape index (κ3) is 4.26. The molecule has 0 aliphatic carbocycles. The maximum absolute atomic E-state index is 12.2. The van der Waals surface area contributed by atoms with E-state index in [1.54, 1.807) is 6.07 Å². The Bertz CT molecular complexity index is 708. The molecule has 1 N–H and O–H groups in total. The van der Waals surface area contributed by atoms with Gasteiger partial charge in [-0.15, -0.1) is 0 Å². The predicted octanol–water partition coefficient (Wildman–Crippen LogP) is 3.86. The van der Waals surface area contributed by atoms with Crippen molar-refractivity contribution in [2.24, 2.45) is 0 Å². The molecule has 124 valence electrons. The fourth-order valence-corrected chi connectivity index (χ4v) is 2.59. The molecule has 1 heterocycles. The first-order valence-electron chi connectivity index (χ1n) is 7.57. The van der Waals surface area contributed by atoms with Crippen LogP contribution in [0.4, 0.5) is 0 Å². The molecule has 0 atom stereocenters. The summed E-state index contributed by atoms with van der Waals surface area (Å²) in [6.45, 7) is 2.37. The number of hydrogen-bond donors (Lipinski definition) is 1. The summed E-state index contributed by atoms with van der Waals surface area (Å²) in [6, 6.07) is 5.44. The standard InChI is InChI=1S/C17H20ClNO4/c1-11-12-7-6-8-13(18)16(12)23-15(11)17(21)19-10-5-3-4-9-14(20)22-2/h6-8H,3-5,9-10H2,1-2H3,(H,19,21). The number of ether oxygens (including phenoxy) is 1. The van der Waals surface area contributed by atoms with Gasteiger partial charge >= 0.3 is 5.97 Å². The maximum Gasteiger partial charge on any atom is 0.305 e. The third-order valence-electron chi connectivity index (χ3n) is 3.69. The van der Waals surface area contributed by atoms with Gasteiger partial charge in [0, 0.05) is 23.9 Å². The molecule has 0 radical (unpaired) electrons. The lowest BCUT2D eigenvalue weighted by molar-refractivity contribution is -0.140. The number of fused-ring (bicyclic) bond motifs is 1. The van der Waals surface area contributed by atoms with Crippen molar-refractivity contribution in [3.8, 4) is 0 Å². The summed E-state index contributed by atoms with van der Waals surface area (Å²) in [5.41, 5.74) is 1.32. The van der Waals surface area contributed by atoms with E-state index >= 15 is 0 Å². The van der Waals surface area contributed by atoms with Gasteiger partial charge in [0.05, 0.1) is 12.1 Å². The third-order valence-corrected chi connectivity index (χ3v) is 3.99. The number of aryl methyl sites for hydroxylation is 1. The van der Waals surface area contributed by atoms with Crippen molar-refractivity contribution in [2.75, 3.05) is 13.7 Å². The van der Waals surface area contributed by atoms with Gasteiger partial charge in [-0.3, -0.25) is 9.59 Å². The second-order valence-corrected chi connectivity index (χ2v) is 5.72. The van der Waals surface area contributed by atoms with E-state index in [4.69, 9.17) is 16.0 Å². The Morgan fingerprint density at radius 2 is 2.04 bits per heavy atom. The van der Waals surface area contributed by atoms with E-state index in [1.807, 2.05) is 19.1 Å². The molecule has 6 heteroatoms. The zero-order valence-corrected chi connectivity index (χ0v) is 14.0. The second-order valence-electron chi connectivity index (χ2n) is 5.32. The highest BCUT2D eigenvalue weighted by Crippen LogP contribution is 2.30. The Labute approximate surface area is 139 Å². The van der Waals surface area contributed by atoms with Crippen molar-refractivity contribution in [1.82, 2.24) is 5.32 Å². The normalized spacial score (nSPS) is 10.7. The van der Waals surface area contributed by atoms with Crippen LogP contribution in [0, 0.1) is 6.92 Å². The highest BCUT2D eigenvalue weighted by atomic mass is 35.5. The van der Waals surface area contributed by atoms with Gasteiger partial charge < -0.3 is 14.5 Å². The Morgan fingerprint density at radius 3 is 2.74 bits per heavy atom. The van der Waals surface area contributed by atoms with Crippen molar-refractivity contribution in [1.29, 1.82) is 0 Å². The molecule has 1 aromatic heterocycles. The van der Waals surface area contributed by atoms with E-state index in [0.29, 0.717) is 29.3 Å². The van der Waals surface area contributed by atoms with Gasteiger partial charge in [-0.1, -0.05) is 30.2 Å². The summed E-state index contributed by atoms with van der Waals surface area (Å²) in [5.74, 6) is -0.158. The zero-order valence-electron chi connectivity index (χ0n) is 13.3. The number of hydrogen-bond acceptors (Lipinski definition) is 4. The molecule has 0 bridgehead atoms. The number of amides is 1. The molecule has 0 unspecified atom stereocenters. The number of methoxy groups -OCH3 is 1. The quantitative estimate of drug-likeness (QED) is 0.615. The molecule has 0 fully saturated rings. The molecule has 5 nitrogen and oxygen atoms in total. The molecule has 1 aromatic carbocycles. The average molecular weight is 338 g/mol. The molecule has 2 aromatic rings. The van der Waals surface area contributed by atoms with Crippen molar-refractivity contribution in [3.63, 3.8) is 0 Å². The molecule has 0 saturated carbocycles. The predicted molar refractivity (Wildman–Crippen MR) is 88.8 cm³/mol. The summed E-state index contributed by atoms with van der Waals surface area (Å²) in [5, 5.41) is 4.17. The number of para-hydroxylation sites is 1. The average Bonchev–Trinajstić information content (AvgIpc) is 2.89. The number of rotatable bonds is 7. The minimum atomic E-state index is -0.247. The summed E-state index contributed by atoms with van der Waals surface area (Å²) >= 11 is 6.08. The van der Waals surface area contributed by atoms with Gasteiger partial charge in [0.2, 0.25) is 0 Å². The summed E-state index contributed by atoms with van der Waals surface area (Å²) in [6.07, 6.45) is 2.80. The number of benzene rings is 1. The van der Waals surface area contributed by atoms with Crippen LogP contribution in [0.15, 0.2) is 22.6 Å². The molecule has 23 heavy (non-hydrogen) atoms. The molecule has 1 amide bonds. The fourth-order valence-electron chi connectivity index (χ4n) is 2.38. The van der Waals surface area contributed by atoms with Crippen molar-refractivity contribution in [2.45, 2.75) is 32.6 Å². The van der Waals surface area contributed by atoms with Gasteiger partial charge in [-0.25, -0.2) is 0 Å². The maximum atomic E-state index is 12.2. The van der Waals surface area contributed by atoms with E-state index < -0.39 is 0 Å². The number of nitrogens with one attached hydrogen (secondary N) is 1. The van der Waals surface area contributed by atoms with Crippen LogP contribution in [0.25, 0.3) is 11.0 Å². The minimum Gasteiger partial charge on any atom is -0.469 e. The molecule has 2 rings (SSSR count). The number of furan rings is 1. The summed E-state index contributed by atoms with van der Waals surface area (Å²) in [4.78, 5) is 23.2. The minimum absolute atomic E-state index is 0.205. The Hall–Kier alpha value is -2.01. The lowest BCUT2D eigenvalue weighted by Crippen LogP contribution is -2.24. The van der Waals surface area contributed by atoms with Gasteiger partial charge in [0.25, 0.3) is 5.91 Å². The SMILES string of the molecule is COC(=O)CCCCCNC(=O)c1oc2c(Cl)cccc2c1C. The Balaban J connectivity index is 1.86. The molecular formula is C17H20ClNO4. The monoisotopic (exact) mass is 337 g/mol. The first-order valence-corrected chi connectivity index (χ1v) is 7.95. The first-order chi connectivity index (χ1) is 11.0. The van der Waals surface area contributed by atoms with Gasteiger partial charge in [-0.2, -0.15) is 0 Å². The topological polar surface area (TPSA) is 68.5 Å². The number of halogens is 1. The van der Waals surface area contributed by atoms with E-state index in [-0.39, 0.29) is 11.9 Å². The smallest absolute Gasteiger partial charge is 0.305 e. The molecule has 0 aliphatic rings.